The van der Waals surface area contributed by atoms with Gasteiger partial charge in [0, 0.05) is 36.2 Å². The van der Waals surface area contributed by atoms with Crippen LogP contribution in [0.1, 0.15) is 37.0 Å². The van der Waals surface area contributed by atoms with Crippen molar-refractivity contribution < 1.29 is 9.59 Å². The maximum absolute atomic E-state index is 12.5. The molecule has 2 aromatic rings. The summed E-state index contributed by atoms with van der Waals surface area (Å²) in [6, 6.07) is 7.00. The van der Waals surface area contributed by atoms with E-state index in [1.807, 2.05) is 13.0 Å². The molecule has 0 spiro atoms. The second kappa shape index (κ2) is 9.01. The maximum Gasteiger partial charge on any atom is 0.257 e. The molecule has 7 nitrogen and oxygen atoms in total. The molecule has 0 radical (unpaired) electrons. The summed E-state index contributed by atoms with van der Waals surface area (Å²) < 4.78 is 0. The molecule has 1 aromatic carbocycles. The Balaban J connectivity index is 1.51. The number of amides is 2. The van der Waals surface area contributed by atoms with E-state index < -0.39 is 5.91 Å². The normalized spacial score (nSPS) is 18.6. The predicted octanol–water partition coefficient (Wildman–Crippen LogP) is 1.49. The number of hydrogen-bond acceptors (Lipinski definition) is 4. The molecule has 1 aliphatic heterocycles. The van der Waals surface area contributed by atoms with Crippen molar-refractivity contribution in [2.75, 3.05) is 26.2 Å². The zero-order chi connectivity index (χ0) is 20.1. The van der Waals surface area contributed by atoms with Crippen LogP contribution in [0.3, 0.4) is 0 Å². The van der Waals surface area contributed by atoms with Crippen LogP contribution in [-0.2, 0) is 4.79 Å². The highest BCUT2D eigenvalue weighted by Crippen LogP contribution is 2.15. The van der Waals surface area contributed by atoms with Gasteiger partial charge in [-0.25, -0.2) is 0 Å². The summed E-state index contributed by atoms with van der Waals surface area (Å²) >= 11 is 0. The number of likely N-dealkylation sites (tertiary alicyclic amines) is 1. The van der Waals surface area contributed by atoms with Crippen LogP contribution in [0, 0.1) is 5.92 Å². The van der Waals surface area contributed by atoms with Crippen LogP contribution in [0.4, 0.5) is 0 Å². The Labute approximate surface area is 164 Å². The SMILES string of the molecule is CC1CCCN(CC(C)NC(=O)CNC(=O)c2c[nH]c3ccccc3c2=O)C1. The number of para-hydroxylation sites is 1. The van der Waals surface area contributed by atoms with Gasteiger partial charge in [0.05, 0.1) is 6.54 Å². The van der Waals surface area contributed by atoms with Crippen molar-refractivity contribution in [2.45, 2.75) is 32.7 Å². The zero-order valence-corrected chi connectivity index (χ0v) is 16.5. The van der Waals surface area contributed by atoms with Crippen LogP contribution in [0.15, 0.2) is 35.3 Å². The van der Waals surface area contributed by atoms with Crippen LogP contribution < -0.4 is 16.1 Å². The molecule has 0 aliphatic carbocycles. The molecule has 3 rings (SSSR count). The highest BCUT2D eigenvalue weighted by molar-refractivity contribution is 5.98. The smallest absolute Gasteiger partial charge is 0.257 e. The van der Waals surface area contributed by atoms with Crippen molar-refractivity contribution in [2.24, 2.45) is 5.92 Å². The molecule has 28 heavy (non-hydrogen) atoms. The minimum atomic E-state index is -0.556. The van der Waals surface area contributed by atoms with Crippen LogP contribution in [0.2, 0.25) is 0 Å². The quantitative estimate of drug-likeness (QED) is 0.703. The summed E-state index contributed by atoms with van der Waals surface area (Å²) in [4.78, 5) is 42.3. The summed E-state index contributed by atoms with van der Waals surface area (Å²) in [7, 11) is 0. The minimum absolute atomic E-state index is 0.00114. The molecule has 1 aliphatic rings. The number of nitrogens with zero attached hydrogens (tertiary/aromatic N) is 1. The monoisotopic (exact) mass is 384 g/mol. The molecule has 1 fully saturated rings. The number of piperidine rings is 1. The molecule has 150 valence electrons. The van der Waals surface area contributed by atoms with E-state index in [9.17, 15) is 14.4 Å². The van der Waals surface area contributed by atoms with Crippen molar-refractivity contribution in [1.29, 1.82) is 0 Å². The van der Waals surface area contributed by atoms with Crippen LogP contribution in [-0.4, -0.2) is 53.9 Å². The topological polar surface area (TPSA) is 94.3 Å². The standard InChI is InChI=1S/C21H28N4O3/c1-14-6-5-9-25(12-14)13-15(2)24-19(26)11-23-21(28)17-10-22-18-8-4-3-7-16(18)20(17)27/h3-4,7-8,10,14-15H,5-6,9,11-13H2,1-2H3,(H,22,27)(H,23,28)(H,24,26). The Morgan fingerprint density at radius 3 is 2.89 bits per heavy atom. The van der Waals surface area contributed by atoms with E-state index in [-0.39, 0.29) is 29.5 Å². The predicted molar refractivity (Wildman–Crippen MR) is 109 cm³/mol. The summed E-state index contributed by atoms with van der Waals surface area (Å²) in [6.45, 7) is 6.97. The van der Waals surface area contributed by atoms with Gasteiger partial charge < -0.3 is 20.5 Å². The van der Waals surface area contributed by atoms with Crippen LogP contribution >= 0.6 is 0 Å². The Morgan fingerprint density at radius 1 is 1.32 bits per heavy atom. The Morgan fingerprint density at radius 2 is 2.11 bits per heavy atom. The van der Waals surface area contributed by atoms with Crippen molar-refractivity contribution >= 4 is 22.7 Å². The summed E-state index contributed by atoms with van der Waals surface area (Å²) in [6.07, 6.45) is 3.84. The maximum atomic E-state index is 12.5. The minimum Gasteiger partial charge on any atom is -0.360 e. The first-order valence-electron chi connectivity index (χ1n) is 9.84. The first-order valence-corrected chi connectivity index (χ1v) is 9.84. The molecule has 2 unspecified atom stereocenters. The average molecular weight is 384 g/mol. The summed E-state index contributed by atoms with van der Waals surface area (Å²) in [5.74, 6) is -0.126. The van der Waals surface area contributed by atoms with Crippen LogP contribution in [0.5, 0.6) is 0 Å². The summed E-state index contributed by atoms with van der Waals surface area (Å²) in [5, 5.41) is 5.90. The number of benzene rings is 1. The average Bonchev–Trinajstić information content (AvgIpc) is 2.66. The summed E-state index contributed by atoms with van der Waals surface area (Å²) in [5.41, 5.74) is 0.323. The molecule has 2 atom stereocenters. The lowest BCUT2D eigenvalue weighted by atomic mass is 10.00. The van der Waals surface area contributed by atoms with E-state index >= 15 is 0 Å². The second-order valence-electron chi connectivity index (χ2n) is 7.74. The van der Waals surface area contributed by atoms with Gasteiger partial charge in [-0.2, -0.15) is 0 Å². The number of H-pyrrole nitrogens is 1. The molecule has 0 saturated carbocycles. The fraction of sp³-hybridized carbons (Fsp3) is 0.476. The number of fused-ring (bicyclic) bond motifs is 1. The third kappa shape index (κ3) is 4.98. The number of aromatic nitrogens is 1. The fourth-order valence-electron chi connectivity index (χ4n) is 3.80. The van der Waals surface area contributed by atoms with Gasteiger partial charge in [-0.1, -0.05) is 19.1 Å². The lowest BCUT2D eigenvalue weighted by Gasteiger charge is -2.32. The highest BCUT2D eigenvalue weighted by atomic mass is 16.2. The third-order valence-corrected chi connectivity index (χ3v) is 5.12. The largest absolute Gasteiger partial charge is 0.360 e. The number of carbonyl (C=O) groups is 2. The number of rotatable bonds is 6. The van der Waals surface area contributed by atoms with E-state index in [4.69, 9.17) is 0 Å². The van der Waals surface area contributed by atoms with Gasteiger partial charge >= 0.3 is 0 Å². The van der Waals surface area contributed by atoms with Gasteiger partial charge in [-0.15, -0.1) is 0 Å². The molecule has 7 heteroatoms. The van der Waals surface area contributed by atoms with Crippen molar-refractivity contribution in [3.63, 3.8) is 0 Å². The Kier molecular flexibility index (Phi) is 6.46. The number of carbonyl (C=O) groups excluding carboxylic acids is 2. The third-order valence-electron chi connectivity index (χ3n) is 5.12. The van der Waals surface area contributed by atoms with Gasteiger partial charge in [-0.3, -0.25) is 14.4 Å². The van der Waals surface area contributed by atoms with Crippen molar-refractivity contribution in [1.82, 2.24) is 20.5 Å². The Hall–Kier alpha value is -2.67. The first kappa shape index (κ1) is 20.1. The molecule has 0 bridgehead atoms. The number of nitrogens with one attached hydrogen (secondary N) is 3. The lowest BCUT2D eigenvalue weighted by Crippen LogP contribution is -2.47. The molecule has 2 amide bonds. The van der Waals surface area contributed by atoms with Gasteiger partial charge in [0.15, 0.2) is 0 Å². The van der Waals surface area contributed by atoms with Crippen molar-refractivity contribution in [3.8, 4) is 0 Å². The lowest BCUT2D eigenvalue weighted by molar-refractivity contribution is -0.120. The fourth-order valence-corrected chi connectivity index (χ4v) is 3.80. The highest BCUT2D eigenvalue weighted by Gasteiger charge is 2.19. The van der Waals surface area contributed by atoms with E-state index in [2.05, 4.69) is 27.4 Å². The van der Waals surface area contributed by atoms with E-state index in [1.165, 1.54) is 19.0 Å². The Bertz CT molecular complexity index is 908. The first-order chi connectivity index (χ1) is 13.4. The molecule has 3 N–H and O–H groups in total. The van der Waals surface area contributed by atoms with Gasteiger partial charge in [0.2, 0.25) is 11.3 Å². The molecular weight excluding hydrogens is 356 g/mol. The molecular formula is C21H28N4O3. The van der Waals surface area contributed by atoms with E-state index in [1.54, 1.807) is 18.2 Å². The molecule has 2 heterocycles. The number of hydrogen-bond donors (Lipinski definition) is 3. The van der Waals surface area contributed by atoms with Gasteiger partial charge in [-0.05, 0) is 44.4 Å². The molecule has 1 saturated heterocycles. The van der Waals surface area contributed by atoms with Crippen molar-refractivity contribution in [3.05, 3.63) is 46.2 Å². The van der Waals surface area contributed by atoms with E-state index in [0.29, 0.717) is 16.8 Å². The van der Waals surface area contributed by atoms with Gasteiger partial charge in [0.1, 0.15) is 5.56 Å². The van der Waals surface area contributed by atoms with Crippen LogP contribution in [0.25, 0.3) is 10.9 Å². The zero-order valence-electron chi connectivity index (χ0n) is 16.5. The number of aromatic amines is 1. The number of pyridine rings is 1. The molecule has 1 aromatic heterocycles. The van der Waals surface area contributed by atoms with E-state index in [0.717, 1.165) is 19.6 Å². The second-order valence-corrected chi connectivity index (χ2v) is 7.74. The van der Waals surface area contributed by atoms with Gasteiger partial charge in [0.25, 0.3) is 5.91 Å².